The number of hydrogen-bond acceptors (Lipinski definition) is 3. The number of benzene rings is 1. The second-order valence-electron chi connectivity index (χ2n) is 4.77. The van der Waals surface area contributed by atoms with Gasteiger partial charge in [0.1, 0.15) is 0 Å². The molecule has 0 radical (unpaired) electrons. The lowest BCUT2D eigenvalue weighted by Crippen LogP contribution is -2.16. The molecule has 0 aliphatic carbocycles. The Kier molecular flexibility index (Phi) is 3.26. The molecule has 1 saturated heterocycles. The summed E-state index contributed by atoms with van der Waals surface area (Å²) in [6.45, 7) is 4.84. The summed E-state index contributed by atoms with van der Waals surface area (Å²) in [6, 6.07) is 8.44. The number of rotatable bonds is 1. The van der Waals surface area contributed by atoms with Gasteiger partial charge in [0.2, 0.25) is 0 Å². The molecule has 2 heterocycles. The summed E-state index contributed by atoms with van der Waals surface area (Å²) in [4.78, 5) is 4.49. The van der Waals surface area contributed by atoms with Gasteiger partial charge in [-0.25, -0.2) is 0 Å². The molecule has 94 valence electrons. The molecule has 1 fully saturated rings. The van der Waals surface area contributed by atoms with Gasteiger partial charge in [0, 0.05) is 18.1 Å². The molecule has 0 spiro atoms. The molecule has 1 aromatic carbocycles. The van der Waals surface area contributed by atoms with Crippen LogP contribution in [0.3, 0.4) is 0 Å². The van der Waals surface area contributed by atoms with Crippen LogP contribution in [0.25, 0.3) is 10.9 Å². The van der Waals surface area contributed by atoms with Crippen LogP contribution in [-0.2, 0) is 4.74 Å². The van der Waals surface area contributed by atoms with Gasteiger partial charge >= 0.3 is 0 Å². The first-order valence-electron chi connectivity index (χ1n) is 6.53. The lowest BCUT2D eigenvalue weighted by atomic mass is 10.00. The third kappa shape index (κ3) is 2.11. The van der Waals surface area contributed by atoms with E-state index in [-0.39, 0.29) is 6.10 Å². The average Bonchev–Trinajstić information content (AvgIpc) is 2.67. The van der Waals surface area contributed by atoms with Crippen molar-refractivity contribution in [1.82, 2.24) is 10.3 Å². The van der Waals surface area contributed by atoms with E-state index in [1.54, 1.807) is 0 Å². The molecular weight excluding hydrogens is 224 g/mol. The molecule has 1 aliphatic heterocycles. The van der Waals surface area contributed by atoms with Gasteiger partial charge in [-0.3, -0.25) is 4.98 Å². The highest BCUT2D eigenvalue weighted by atomic mass is 16.5. The summed E-state index contributed by atoms with van der Waals surface area (Å²) in [7, 11) is 0. The number of aryl methyl sites for hydroxylation is 1. The Morgan fingerprint density at radius 2 is 2.22 bits per heavy atom. The fourth-order valence-electron chi connectivity index (χ4n) is 2.59. The number of nitrogens with zero attached hydrogens (tertiary/aromatic N) is 1. The standard InChI is InChI=1S/C15H18N2O/c1-11-3-2-4-13-12(5-8-17-15(11)13)14-6-7-16-9-10-18-14/h2-5,8,14,16H,6-7,9-10H2,1H3. The minimum Gasteiger partial charge on any atom is -0.372 e. The van der Waals surface area contributed by atoms with Crippen LogP contribution in [0, 0.1) is 6.92 Å². The summed E-state index contributed by atoms with van der Waals surface area (Å²) in [5.74, 6) is 0. The Morgan fingerprint density at radius 1 is 1.28 bits per heavy atom. The quantitative estimate of drug-likeness (QED) is 0.834. The largest absolute Gasteiger partial charge is 0.372 e. The Hall–Kier alpha value is -1.45. The molecule has 3 rings (SSSR count). The van der Waals surface area contributed by atoms with Gasteiger partial charge < -0.3 is 10.1 Å². The lowest BCUT2D eigenvalue weighted by molar-refractivity contribution is 0.0654. The maximum Gasteiger partial charge on any atom is 0.0844 e. The van der Waals surface area contributed by atoms with E-state index in [0.29, 0.717) is 0 Å². The summed E-state index contributed by atoms with van der Waals surface area (Å²) in [5, 5.41) is 4.59. The van der Waals surface area contributed by atoms with Crippen LogP contribution in [0.1, 0.15) is 23.7 Å². The van der Waals surface area contributed by atoms with Gasteiger partial charge in [-0.05, 0) is 37.1 Å². The zero-order valence-corrected chi connectivity index (χ0v) is 10.6. The van der Waals surface area contributed by atoms with Crippen molar-refractivity contribution in [1.29, 1.82) is 0 Å². The van der Waals surface area contributed by atoms with Crippen LogP contribution in [0.15, 0.2) is 30.5 Å². The van der Waals surface area contributed by atoms with Crippen molar-refractivity contribution < 1.29 is 4.74 Å². The van der Waals surface area contributed by atoms with Gasteiger partial charge in [0.15, 0.2) is 0 Å². The van der Waals surface area contributed by atoms with Crippen molar-refractivity contribution in [3.63, 3.8) is 0 Å². The molecule has 1 N–H and O–H groups in total. The summed E-state index contributed by atoms with van der Waals surface area (Å²) in [6.07, 6.45) is 3.10. The third-order valence-electron chi connectivity index (χ3n) is 3.53. The van der Waals surface area contributed by atoms with Crippen molar-refractivity contribution in [3.8, 4) is 0 Å². The highest BCUT2D eigenvalue weighted by Gasteiger charge is 2.17. The van der Waals surface area contributed by atoms with Crippen molar-refractivity contribution in [2.45, 2.75) is 19.4 Å². The molecule has 1 unspecified atom stereocenters. The minimum atomic E-state index is 0.187. The summed E-state index contributed by atoms with van der Waals surface area (Å²) >= 11 is 0. The molecule has 1 aromatic heterocycles. The number of fused-ring (bicyclic) bond motifs is 1. The SMILES string of the molecule is Cc1cccc2c(C3CCNCCO3)ccnc12. The van der Waals surface area contributed by atoms with Crippen LogP contribution in [0.2, 0.25) is 0 Å². The minimum absolute atomic E-state index is 0.187. The van der Waals surface area contributed by atoms with E-state index in [2.05, 4.69) is 41.5 Å². The fraction of sp³-hybridized carbons (Fsp3) is 0.400. The van der Waals surface area contributed by atoms with E-state index in [4.69, 9.17) is 4.74 Å². The number of para-hydroxylation sites is 1. The van der Waals surface area contributed by atoms with Crippen molar-refractivity contribution in [2.24, 2.45) is 0 Å². The Balaban J connectivity index is 2.08. The van der Waals surface area contributed by atoms with Crippen LogP contribution in [0.4, 0.5) is 0 Å². The fourth-order valence-corrected chi connectivity index (χ4v) is 2.59. The predicted molar refractivity (Wildman–Crippen MR) is 72.7 cm³/mol. The van der Waals surface area contributed by atoms with E-state index in [9.17, 15) is 0 Å². The van der Waals surface area contributed by atoms with E-state index >= 15 is 0 Å². The van der Waals surface area contributed by atoms with Crippen molar-refractivity contribution in [2.75, 3.05) is 19.7 Å². The topological polar surface area (TPSA) is 34.1 Å². The number of aromatic nitrogens is 1. The maximum atomic E-state index is 5.95. The maximum absolute atomic E-state index is 5.95. The number of pyridine rings is 1. The highest BCUT2D eigenvalue weighted by Crippen LogP contribution is 2.29. The second-order valence-corrected chi connectivity index (χ2v) is 4.77. The normalized spacial score (nSPS) is 20.8. The second kappa shape index (κ2) is 5.04. The lowest BCUT2D eigenvalue weighted by Gasteiger charge is -2.17. The molecule has 0 bridgehead atoms. The zero-order chi connectivity index (χ0) is 12.4. The molecule has 3 nitrogen and oxygen atoms in total. The Labute approximate surface area is 107 Å². The molecule has 3 heteroatoms. The number of nitrogens with one attached hydrogen (secondary N) is 1. The van der Waals surface area contributed by atoms with Gasteiger partial charge in [-0.15, -0.1) is 0 Å². The van der Waals surface area contributed by atoms with E-state index < -0.39 is 0 Å². The van der Waals surface area contributed by atoms with Crippen LogP contribution < -0.4 is 5.32 Å². The van der Waals surface area contributed by atoms with E-state index in [0.717, 1.165) is 31.6 Å². The van der Waals surface area contributed by atoms with Crippen molar-refractivity contribution >= 4 is 10.9 Å². The number of ether oxygens (including phenoxy) is 1. The van der Waals surface area contributed by atoms with Gasteiger partial charge in [0.05, 0.1) is 18.2 Å². The molecule has 2 aromatic rings. The van der Waals surface area contributed by atoms with Crippen LogP contribution in [0.5, 0.6) is 0 Å². The monoisotopic (exact) mass is 242 g/mol. The third-order valence-corrected chi connectivity index (χ3v) is 3.53. The summed E-state index contributed by atoms with van der Waals surface area (Å²) in [5.41, 5.74) is 3.59. The Morgan fingerprint density at radius 3 is 3.17 bits per heavy atom. The van der Waals surface area contributed by atoms with Gasteiger partial charge in [0.25, 0.3) is 0 Å². The van der Waals surface area contributed by atoms with E-state index in [1.807, 2.05) is 6.20 Å². The first kappa shape index (κ1) is 11.6. The first-order chi connectivity index (χ1) is 8.86. The summed E-state index contributed by atoms with van der Waals surface area (Å²) < 4.78 is 5.95. The molecule has 0 saturated carbocycles. The van der Waals surface area contributed by atoms with Crippen LogP contribution in [-0.4, -0.2) is 24.7 Å². The molecule has 1 atom stereocenters. The molecule has 0 amide bonds. The van der Waals surface area contributed by atoms with Crippen molar-refractivity contribution in [3.05, 3.63) is 41.6 Å². The average molecular weight is 242 g/mol. The van der Waals surface area contributed by atoms with E-state index in [1.165, 1.54) is 16.5 Å². The van der Waals surface area contributed by atoms with Crippen LogP contribution >= 0.6 is 0 Å². The number of hydrogen-bond donors (Lipinski definition) is 1. The molecule has 1 aliphatic rings. The highest BCUT2D eigenvalue weighted by molar-refractivity contribution is 5.85. The Bertz CT molecular complexity index is 545. The zero-order valence-electron chi connectivity index (χ0n) is 10.6. The first-order valence-corrected chi connectivity index (χ1v) is 6.53. The smallest absolute Gasteiger partial charge is 0.0844 e. The van der Waals surface area contributed by atoms with Gasteiger partial charge in [-0.1, -0.05) is 18.2 Å². The van der Waals surface area contributed by atoms with Gasteiger partial charge in [-0.2, -0.15) is 0 Å². The molecule has 18 heavy (non-hydrogen) atoms. The molecular formula is C15H18N2O. The predicted octanol–water partition coefficient (Wildman–Crippen LogP) is 2.59.